The Balaban J connectivity index is 1.74. The average molecular weight is 369 g/mol. The van der Waals surface area contributed by atoms with Gasteiger partial charge in [0, 0.05) is 16.0 Å². The monoisotopic (exact) mass is 368 g/mol. The highest BCUT2D eigenvalue weighted by atomic mass is 32.2. The maximum absolute atomic E-state index is 12.6. The standard InChI is InChI=1S/C21H20O2S2/c1-23-18-8-10-19(11-9-18)25-21(24-2)14-12-17(13-15-21)20(22)16-6-4-3-5-7-16/h3-14H,15H2,1-2H3. The van der Waals surface area contributed by atoms with E-state index in [1.165, 1.54) is 4.90 Å². The lowest BCUT2D eigenvalue weighted by Crippen LogP contribution is -2.19. The summed E-state index contributed by atoms with van der Waals surface area (Å²) >= 11 is 3.60. The Hall–Kier alpha value is -1.91. The van der Waals surface area contributed by atoms with Crippen LogP contribution >= 0.6 is 23.5 Å². The SMILES string of the molecule is COc1ccc(SC2(SC)C=CC(C(=O)c3ccccc3)=CC2)cc1. The fraction of sp³-hybridized carbons (Fsp3) is 0.190. The van der Waals surface area contributed by atoms with Crippen LogP contribution in [0.4, 0.5) is 0 Å². The molecule has 0 aromatic heterocycles. The number of benzene rings is 2. The van der Waals surface area contributed by atoms with Gasteiger partial charge in [-0.2, -0.15) is 0 Å². The molecule has 2 nitrogen and oxygen atoms in total. The molecule has 1 unspecified atom stereocenters. The Morgan fingerprint density at radius 1 is 1.08 bits per heavy atom. The molecule has 0 N–H and O–H groups in total. The lowest BCUT2D eigenvalue weighted by atomic mass is 9.98. The average Bonchev–Trinajstić information content (AvgIpc) is 2.69. The summed E-state index contributed by atoms with van der Waals surface area (Å²) < 4.78 is 5.13. The van der Waals surface area contributed by atoms with E-state index in [0.717, 1.165) is 23.3 Å². The molecule has 1 atom stereocenters. The van der Waals surface area contributed by atoms with E-state index < -0.39 is 0 Å². The Kier molecular flexibility index (Phi) is 5.71. The van der Waals surface area contributed by atoms with Crippen LogP contribution in [-0.2, 0) is 0 Å². The topological polar surface area (TPSA) is 26.3 Å². The van der Waals surface area contributed by atoms with Gasteiger partial charge in [-0.05, 0) is 36.9 Å². The van der Waals surface area contributed by atoms with Gasteiger partial charge in [0.2, 0.25) is 0 Å². The van der Waals surface area contributed by atoms with Gasteiger partial charge in [-0.3, -0.25) is 4.79 Å². The summed E-state index contributed by atoms with van der Waals surface area (Å²) in [4.78, 5) is 13.8. The Bertz CT molecular complexity index is 794. The molecule has 1 aliphatic rings. The van der Waals surface area contributed by atoms with E-state index in [1.54, 1.807) is 30.6 Å². The Labute approximate surface area is 157 Å². The molecule has 0 fully saturated rings. The molecule has 2 aromatic rings. The summed E-state index contributed by atoms with van der Waals surface area (Å²) in [5.74, 6) is 0.943. The molecule has 0 spiro atoms. The van der Waals surface area contributed by atoms with Gasteiger partial charge in [-0.15, -0.1) is 23.5 Å². The third kappa shape index (κ3) is 4.20. The lowest BCUT2D eigenvalue weighted by molar-refractivity contribution is 0.103. The van der Waals surface area contributed by atoms with Crippen LogP contribution in [0, 0.1) is 0 Å². The van der Waals surface area contributed by atoms with Crippen molar-refractivity contribution in [3.63, 3.8) is 0 Å². The number of allylic oxidation sites excluding steroid dienone is 3. The molecule has 0 aliphatic heterocycles. The van der Waals surface area contributed by atoms with Crippen molar-refractivity contribution >= 4 is 29.3 Å². The van der Waals surface area contributed by atoms with Gasteiger partial charge in [-0.1, -0.05) is 48.6 Å². The molecule has 0 radical (unpaired) electrons. The number of hydrogen-bond acceptors (Lipinski definition) is 4. The summed E-state index contributed by atoms with van der Waals surface area (Å²) in [6.07, 6.45) is 9.10. The van der Waals surface area contributed by atoms with E-state index in [-0.39, 0.29) is 9.86 Å². The molecular weight excluding hydrogens is 348 g/mol. The zero-order chi connectivity index (χ0) is 17.7. The van der Waals surface area contributed by atoms with Crippen molar-refractivity contribution in [2.24, 2.45) is 0 Å². The predicted octanol–water partition coefficient (Wildman–Crippen LogP) is 5.62. The fourth-order valence-electron chi connectivity index (χ4n) is 2.64. The summed E-state index contributed by atoms with van der Waals surface area (Å²) in [6, 6.07) is 17.5. The van der Waals surface area contributed by atoms with E-state index in [2.05, 4.69) is 30.5 Å². The van der Waals surface area contributed by atoms with E-state index >= 15 is 0 Å². The van der Waals surface area contributed by atoms with Gasteiger partial charge < -0.3 is 4.74 Å². The van der Waals surface area contributed by atoms with Crippen molar-refractivity contribution in [1.29, 1.82) is 0 Å². The van der Waals surface area contributed by atoms with Gasteiger partial charge in [0.1, 0.15) is 5.75 Å². The first-order valence-corrected chi connectivity index (χ1v) is 10.1. The zero-order valence-corrected chi connectivity index (χ0v) is 15.9. The predicted molar refractivity (Wildman–Crippen MR) is 108 cm³/mol. The van der Waals surface area contributed by atoms with Gasteiger partial charge in [-0.25, -0.2) is 0 Å². The second kappa shape index (κ2) is 7.98. The zero-order valence-electron chi connectivity index (χ0n) is 14.3. The normalized spacial score (nSPS) is 19.4. The van der Waals surface area contributed by atoms with E-state index in [1.807, 2.05) is 48.5 Å². The third-order valence-corrected chi connectivity index (χ3v) is 7.02. The van der Waals surface area contributed by atoms with Crippen LogP contribution in [0.15, 0.2) is 83.3 Å². The first-order valence-electron chi connectivity index (χ1n) is 8.03. The van der Waals surface area contributed by atoms with Crippen LogP contribution < -0.4 is 4.74 Å². The molecular formula is C21H20O2S2. The quantitative estimate of drug-likeness (QED) is 0.488. The van der Waals surface area contributed by atoms with Gasteiger partial charge in [0.05, 0.1) is 11.2 Å². The summed E-state index contributed by atoms with van der Waals surface area (Å²) in [6.45, 7) is 0. The molecule has 0 heterocycles. The molecule has 0 saturated heterocycles. The highest BCUT2D eigenvalue weighted by Gasteiger charge is 2.30. The van der Waals surface area contributed by atoms with E-state index in [0.29, 0.717) is 0 Å². The van der Waals surface area contributed by atoms with Crippen molar-refractivity contribution in [2.45, 2.75) is 15.4 Å². The minimum atomic E-state index is -0.0882. The molecule has 2 aromatic carbocycles. The number of ketones is 1. The number of rotatable bonds is 6. The van der Waals surface area contributed by atoms with Crippen LogP contribution in [0.5, 0.6) is 5.75 Å². The highest BCUT2D eigenvalue weighted by molar-refractivity contribution is 8.18. The van der Waals surface area contributed by atoms with Crippen LogP contribution in [0.3, 0.4) is 0 Å². The molecule has 4 heteroatoms. The highest BCUT2D eigenvalue weighted by Crippen LogP contribution is 2.47. The number of methoxy groups -OCH3 is 1. The van der Waals surface area contributed by atoms with Crippen molar-refractivity contribution in [2.75, 3.05) is 13.4 Å². The lowest BCUT2D eigenvalue weighted by Gasteiger charge is -2.29. The third-order valence-electron chi connectivity index (χ3n) is 4.12. The summed E-state index contributed by atoms with van der Waals surface area (Å²) in [5, 5.41) is 0. The summed E-state index contributed by atoms with van der Waals surface area (Å²) in [5.41, 5.74) is 1.50. The number of carbonyl (C=O) groups excluding carboxylic acids is 1. The largest absolute Gasteiger partial charge is 0.497 e. The second-order valence-electron chi connectivity index (χ2n) is 5.69. The van der Waals surface area contributed by atoms with E-state index in [9.17, 15) is 4.79 Å². The number of carbonyl (C=O) groups is 1. The Morgan fingerprint density at radius 3 is 2.36 bits per heavy atom. The van der Waals surface area contributed by atoms with Gasteiger partial charge in [0.15, 0.2) is 5.78 Å². The molecule has 0 bridgehead atoms. The molecule has 3 rings (SSSR count). The first-order chi connectivity index (χ1) is 12.2. The number of ether oxygens (including phenoxy) is 1. The number of hydrogen-bond donors (Lipinski definition) is 0. The van der Waals surface area contributed by atoms with Crippen molar-refractivity contribution in [3.05, 3.63) is 84.0 Å². The maximum atomic E-state index is 12.6. The van der Waals surface area contributed by atoms with Crippen molar-refractivity contribution in [1.82, 2.24) is 0 Å². The molecule has 25 heavy (non-hydrogen) atoms. The summed E-state index contributed by atoms with van der Waals surface area (Å²) in [7, 11) is 1.67. The first kappa shape index (κ1) is 17.9. The van der Waals surface area contributed by atoms with Crippen LogP contribution in [0.25, 0.3) is 0 Å². The second-order valence-corrected chi connectivity index (χ2v) is 8.48. The minimum Gasteiger partial charge on any atom is -0.497 e. The molecule has 0 saturated carbocycles. The van der Waals surface area contributed by atoms with Crippen molar-refractivity contribution in [3.8, 4) is 5.75 Å². The van der Waals surface area contributed by atoms with Gasteiger partial charge >= 0.3 is 0 Å². The van der Waals surface area contributed by atoms with Crippen LogP contribution in [0.2, 0.25) is 0 Å². The molecule has 1 aliphatic carbocycles. The maximum Gasteiger partial charge on any atom is 0.192 e. The van der Waals surface area contributed by atoms with Crippen LogP contribution in [-0.4, -0.2) is 23.2 Å². The van der Waals surface area contributed by atoms with Crippen LogP contribution in [0.1, 0.15) is 16.8 Å². The number of Topliss-reactive ketones (excluding diaryl/α,β-unsaturated/α-hetero) is 1. The molecule has 128 valence electrons. The van der Waals surface area contributed by atoms with Gasteiger partial charge in [0.25, 0.3) is 0 Å². The van der Waals surface area contributed by atoms with Crippen molar-refractivity contribution < 1.29 is 9.53 Å². The number of thioether (sulfide) groups is 2. The molecule has 0 amide bonds. The van der Waals surface area contributed by atoms with E-state index in [4.69, 9.17) is 4.74 Å². The minimum absolute atomic E-state index is 0.0843. The fourth-order valence-corrected chi connectivity index (χ4v) is 4.69. The Morgan fingerprint density at radius 2 is 1.80 bits per heavy atom. The smallest absolute Gasteiger partial charge is 0.192 e.